The average Bonchev–Trinajstić information content (AvgIpc) is 2.91. The Bertz CT molecular complexity index is 725. The standard InChI is InChI=1S/C15H11ClFN3/c16-13-9-12(17)5-4-11(13)10-20-8-7-19-15(20)14-3-1-2-6-18-14/h1-9H,10H2. The van der Waals surface area contributed by atoms with Crippen LogP contribution in [0.5, 0.6) is 0 Å². The second-order valence-electron chi connectivity index (χ2n) is 4.33. The average molecular weight is 288 g/mol. The van der Waals surface area contributed by atoms with Gasteiger partial charge in [0.05, 0.1) is 6.54 Å². The molecule has 0 fully saturated rings. The van der Waals surface area contributed by atoms with Crippen molar-refractivity contribution in [3.63, 3.8) is 0 Å². The second kappa shape index (κ2) is 5.43. The van der Waals surface area contributed by atoms with E-state index in [1.54, 1.807) is 18.5 Å². The first-order chi connectivity index (χ1) is 9.74. The van der Waals surface area contributed by atoms with Crippen LogP contribution in [0.15, 0.2) is 55.0 Å². The first-order valence-corrected chi connectivity index (χ1v) is 6.48. The van der Waals surface area contributed by atoms with Crippen molar-refractivity contribution >= 4 is 11.6 Å². The molecule has 0 saturated carbocycles. The van der Waals surface area contributed by atoms with Gasteiger partial charge in [-0.2, -0.15) is 0 Å². The highest BCUT2D eigenvalue weighted by Gasteiger charge is 2.09. The summed E-state index contributed by atoms with van der Waals surface area (Å²) < 4.78 is 15.0. The maximum absolute atomic E-state index is 13.1. The fraction of sp³-hybridized carbons (Fsp3) is 0.0667. The highest BCUT2D eigenvalue weighted by atomic mass is 35.5. The maximum atomic E-state index is 13.1. The van der Waals surface area contributed by atoms with Gasteiger partial charge in [0, 0.05) is 23.6 Å². The maximum Gasteiger partial charge on any atom is 0.158 e. The molecule has 0 saturated heterocycles. The van der Waals surface area contributed by atoms with Crippen LogP contribution in [0.1, 0.15) is 5.56 Å². The second-order valence-corrected chi connectivity index (χ2v) is 4.74. The Hall–Kier alpha value is -2.20. The van der Waals surface area contributed by atoms with Gasteiger partial charge in [0.1, 0.15) is 11.5 Å². The van der Waals surface area contributed by atoms with Crippen molar-refractivity contribution in [3.05, 3.63) is 71.4 Å². The molecule has 3 aromatic rings. The molecule has 20 heavy (non-hydrogen) atoms. The highest BCUT2D eigenvalue weighted by Crippen LogP contribution is 2.21. The molecule has 5 heteroatoms. The van der Waals surface area contributed by atoms with Crippen molar-refractivity contribution < 1.29 is 4.39 Å². The van der Waals surface area contributed by atoms with Crippen LogP contribution in [-0.2, 0) is 6.54 Å². The van der Waals surface area contributed by atoms with Gasteiger partial charge in [-0.05, 0) is 29.8 Å². The number of halogens is 2. The molecule has 0 spiro atoms. The van der Waals surface area contributed by atoms with E-state index in [0.29, 0.717) is 11.6 Å². The Kier molecular flexibility index (Phi) is 3.48. The van der Waals surface area contributed by atoms with E-state index in [-0.39, 0.29) is 5.82 Å². The normalized spacial score (nSPS) is 10.7. The molecule has 0 aliphatic rings. The van der Waals surface area contributed by atoms with Crippen LogP contribution < -0.4 is 0 Å². The van der Waals surface area contributed by atoms with Crippen LogP contribution in [0.25, 0.3) is 11.5 Å². The van der Waals surface area contributed by atoms with Crippen molar-refractivity contribution in [2.24, 2.45) is 0 Å². The minimum atomic E-state index is -0.339. The topological polar surface area (TPSA) is 30.7 Å². The van der Waals surface area contributed by atoms with Gasteiger partial charge >= 0.3 is 0 Å². The van der Waals surface area contributed by atoms with Gasteiger partial charge in [0.25, 0.3) is 0 Å². The zero-order valence-corrected chi connectivity index (χ0v) is 11.3. The summed E-state index contributed by atoms with van der Waals surface area (Å²) in [5.41, 5.74) is 1.62. The van der Waals surface area contributed by atoms with E-state index in [9.17, 15) is 4.39 Å². The van der Waals surface area contributed by atoms with Crippen LogP contribution in [0.3, 0.4) is 0 Å². The van der Waals surface area contributed by atoms with E-state index in [0.717, 1.165) is 17.1 Å². The molecule has 0 amide bonds. The summed E-state index contributed by atoms with van der Waals surface area (Å²) in [5.74, 6) is 0.417. The predicted octanol–water partition coefficient (Wildman–Crippen LogP) is 3.79. The van der Waals surface area contributed by atoms with E-state index in [1.807, 2.05) is 29.0 Å². The lowest BCUT2D eigenvalue weighted by Crippen LogP contribution is -2.02. The van der Waals surface area contributed by atoms with Crippen LogP contribution in [0, 0.1) is 5.82 Å². The van der Waals surface area contributed by atoms with E-state index in [1.165, 1.54) is 12.1 Å². The molecule has 3 rings (SSSR count). The molecule has 0 unspecified atom stereocenters. The van der Waals surface area contributed by atoms with Gasteiger partial charge in [-0.1, -0.05) is 23.7 Å². The minimum absolute atomic E-state index is 0.339. The van der Waals surface area contributed by atoms with Gasteiger partial charge in [0.15, 0.2) is 5.82 Å². The largest absolute Gasteiger partial charge is 0.325 e. The monoisotopic (exact) mass is 287 g/mol. The number of rotatable bonds is 3. The Labute approximate surface area is 120 Å². The van der Waals surface area contributed by atoms with E-state index in [2.05, 4.69) is 9.97 Å². The van der Waals surface area contributed by atoms with Crippen LogP contribution in [0.2, 0.25) is 5.02 Å². The van der Waals surface area contributed by atoms with E-state index >= 15 is 0 Å². The molecule has 0 atom stereocenters. The van der Waals surface area contributed by atoms with Crippen molar-refractivity contribution in [2.45, 2.75) is 6.54 Å². The molecule has 100 valence electrons. The number of hydrogen-bond acceptors (Lipinski definition) is 2. The van der Waals surface area contributed by atoms with Crippen LogP contribution in [0.4, 0.5) is 4.39 Å². The number of benzene rings is 1. The van der Waals surface area contributed by atoms with Gasteiger partial charge < -0.3 is 4.57 Å². The zero-order valence-electron chi connectivity index (χ0n) is 10.5. The minimum Gasteiger partial charge on any atom is -0.325 e. The molecule has 2 aromatic heterocycles. The lowest BCUT2D eigenvalue weighted by atomic mass is 10.2. The highest BCUT2D eigenvalue weighted by molar-refractivity contribution is 6.31. The Morgan fingerprint density at radius 3 is 2.75 bits per heavy atom. The summed E-state index contributed by atoms with van der Waals surface area (Å²) in [7, 11) is 0. The molecule has 1 aromatic carbocycles. The summed E-state index contributed by atoms with van der Waals surface area (Å²) in [6.07, 6.45) is 5.28. The lowest BCUT2D eigenvalue weighted by Gasteiger charge is -2.09. The summed E-state index contributed by atoms with van der Waals surface area (Å²) in [6, 6.07) is 10.1. The first-order valence-electron chi connectivity index (χ1n) is 6.10. The Morgan fingerprint density at radius 2 is 2.00 bits per heavy atom. The third-order valence-corrected chi connectivity index (χ3v) is 3.32. The quantitative estimate of drug-likeness (QED) is 0.734. The number of imidazole rings is 1. The number of pyridine rings is 1. The van der Waals surface area contributed by atoms with Crippen LogP contribution >= 0.6 is 11.6 Å². The van der Waals surface area contributed by atoms with Gasteiger partial charge in [0.2, 0.25) is 0 Å². The van der Waals surface area contributed by atoms with E-state index in [4.69, 9.17) is 11.6 Å². The molecule has 0 N–H and O–H groups in total. The fourth-order valence-electron chi connectivity index (χ4n) is 2.00. The van der Waals surface area contributed by atoms with Crippen molar-refractivity contribution in [1.82, 2.24) is 14.5 Å². The van der Waals surface area contributed by atoms with Crippen LogP contribution in [-0.4, -0.2) is 14.5 Å². The molecule has 0 bridgehead atoms. The fourth-order valence-corrected chi connectivity index (χ4v) is 2.23. The van der Waals surface area contributed by atoms with Gasteiger partial charge in [-0.25, -0.2) is 9.37 Å². The third kappa shape index (κ3) is 2.56. The molecule has 3 nitrogen and oxygen atoms in total. The molecular formula is C15H11ClFN3. The third-order valence-electron chi connectivity index (χ3n) is 2.97. The molecule has 0 aliphatic heterocycles. The van der Waals surface area contributed by atoms with Gasteiger partial charge in [-0.15, -0.1) is 0 Å². The Morgan fingerprint density at radius 1 is 1.10 bits per heavy atom. The smallest absolute Gasteiger partial charge is 0.158 e. The summed E-state index contributed by atoms with van der Waals surface area (Å²) in [5, 5.41) is 0.408. The van der Waals surface area contributed by atoms with Crippen molar-refractivity contribution in [3.8, 4) is 11.5 Å². The number of nitrogens with zero attached hydrogens (tertiary/aromatic N) is 3. The lowest BCUT2D eigenvalue weighted by molar-refractivity contribution is 0.626. The molecule has 2 heterocycles. The zero-order chi connectivity index (χ0) is 13.9. The first kappa shape index (κ1) is 12.8. The van der Waals surface area contributed by atoms with E-state index < -0.39 is 0 Å². The molecular weight excluding hydrogens is 277 g/mol. The van der Waals surface area contributed by atoms with Gasteiger partial charge in [-0.3, -0.25) is 4.98 Å². The number of aromatic nitrogens is 3. The van der Waals surface area contributed by atoms with Crippen molar-refractivity contribution in [1.29, 1.82) is 0 Å². The predicted molar refractivity (Wildman–Crippen MR) is 76.0 cm³/mol. The van der Waals surface area contributed by atoms with Crippen molar-refractivity contribution in [2.75, 3.05) is 0 Å². The summed E-state index contributed by atoms with van der Waals surface area (Å²) in [6.45, 7) is 0.519. The molecule has 0 radical (unpaired) electrons. The SMILES string of the molecule is Fc1ccc(Cn2ccnc2-c2ccccn2)c(Cl)c1. The molecule has 0 aliphatic carbocycles. The Balaban J connectivity index is 1.95. The number of hydrogen-bond donors (Lipinski definition) is 0. The summed E-state index contributed by atoms with van der Waals surface area (Å²) in [4.78, 5) is 8.60. The summed E-state index contributed by atoms with van der Waals surface area (Å²) >= 11 is 6.06.